The maximum Gasteiger partial charge on any atom is 0.257 e. The van der Waals surface area contributed by atoms with Crippen LogP contribution in [-0.2, 0) is 19.5 Å². The highest BCUT2D eigenvalue weighted by Crippen LogP contribution is 2.60. The number of nitriles is 1. The van der Waals surface area contributed by atoms with Crippen LogP contribution in [0, 0.1) is 41.4 Å². The quantitative estimate of drug-likeness (QED) is 0.192. The molecular formula is C39H39N7OS. The van der Waals surface area contributed by atoms with Crippen LogP contribution < -0.4 is 16.0 Å². The number of rotatable bonds is 6. The molecule has 242 valence electrons. The van der Waals surface area contributed by atoms with Crippen molar-refractivity contribution in [2.24, 2.45) is 23.2 Å². The third-order valence-electron chi connectivity index (χ3n) is 11.7. The Balaban J connectivity index is 0.963. The molecule has 0 spiro atoms. The van der Waals surface area contributed by atoms with Crippen LogP contribution in [0.5, 0.6) is 0 Å². The summed E-state index contributed by atoms with van der Waals surface area (Å²) in [7, 11) is 0. The molecule has 0 atom stereocenters. The van der Waals surface area contributed by atoms with Gasteiger partial charge in [0.25, 0.3) is 5.91 Å². The van der Waals surface area contributed by atoms with Crippen molar-refractivity contribution < 1.29 is 4.79 Å². The highest BCUT2D eigenvalue weighted by Gasteiger charge is 2.51. The van der Waals surface area contributed by atoms with E-state index in [1.165, 1.54) is 55.4 Å². The van der Waals surface area contributed by atoms with Gasteiger partial charge in [0.05, 0.1) is 10.2 Å². The van der Waals surface area contributed by atoms with Gasteiger partial charge >= 0.3 is 0 Å². The summed E-state index contributed by atoms with van der Waals surface area (Å²) in [5, 5.41) is 13.8. The number of benzene rings is 2. The van der Waals surface area contributed by atoms with Crippen molar-refractivity contribution in [1.82, 2.24) is 14.5 Å². The summed E-state index contributed by atoms with van der Waals surface area (Å²) in [6, 6.07) is 22.4. The Labute approximate surface area is 284 Å². The first kappa shape index (κ1) is 29.5. The molecule has 0 radical (unpaired) electrons. The van der Waals surface area contributed by atoms with E-state index in [0.717, 1.165) is 75.7 Å². The molecule has 3 aromatic heterocycles. The van der Waals surface area contributed by atoms with Crippen molar-refractivity contribution in [3.63, 3.8) is 0 Å². The van der Waals surface area contributed by atoms with Crippen LogP contribution >= 0.6 is 11.3 Å². The number of carbonyl (C=O) groups excluding carboxylic acids is 1. The standard InChI is InChI=1S/C39H39N7OS/c1-23-31(16-28(20-40)46(23)22-39-17-24-13-25(18-39)15-26(14-24)19-39)29-9-10-35(43-36(29)41)45-12-11-27-5-4-6-30(32(27)21-45)37(47)44-38-42-33-7-2-3-8-34(33)48-38/h2-10,16,24-26H,11-15,17-19,21-22H2,1H3,(H2,41,43)(H,42,44,47). The Morgan fingerprint density at radius 2 is 1.79 bits per heavy atom. The molecule has 1 amide bonds. The maximum absolute atomic E-state index is 13.5. The fourth-order valence-electron chi connectivity index (χ4n) is 9.98. The third-order valence-corrected chi connectivity index (χ3v) is 12.6. The molecule has 8 nitrogen and oxygen atoms in total. The van der Waals surface area contributed by atoms with Gasteiger partial charge in [0.1, 0.15) is 23.4 Å². The number of para-hydroxylation sites is 1. The molecule has 3 N–H and O–H groups in total. The molecule has 2 aromatic carbocycles. The first-order valence-electron chi connectivity index (χ1n) is 17.2. The summed E-state index contributed by atoms with van der Waals surface area (Å²) in [6.45, 7) is 4.40. The number of aromatic nitrogens is 3. The van der Waals surface area contributed by atoms with Gasteiger partial charge in [-0.3, -0.25) is 10.1 Å². The number of hydrogen-bond donors (Lipinski definition) is 2. The highest BCUT2D eigenvalue weighted by molar-refractivity contribution is 7.22. The fraction of sp³-hybridized carbons (Fsp3) is 0.385. The molecule has 5 aliphatic rings. The van der Waals surface area contributed by atoms with E-state index in [0.29, 0.717) is 34.2 Å². The normalized spacial score (nSPS) is 24.1. The minimum Gasteiger partial charge on any atom is -0.383 e. The van der Waals surface area contributed by atoms with E-state index in [4.69, 9.17) is 10.7 Å². The van der Waals surface area contributed by atoms with E-state index in [-0.39, 0.29) is 5.91 Å². The Bertz CT molecular complexity index is 2070. The zero-order chi connectivity index (χ0) is 32.6. The first-order valence-corrected chi connectivity index (χ1v) is 18.1. The van der Waals surface area contributed by atoms with Crippen molar-refractivity contribution in [3.05, 3.63) is 88.7 Å². The second-order valence-electron chi connectivity index (χ2n) is 14.8. The topological polar surface area (TPSA) is 113 Å². The van der Waals surface area contributed by atoms with Crippen LogP contribution in [0.25, 0.3) is 21.3 Å². The summed E-state index contributed by atoms with van der Waals surface area (Å²) in [5.74, 6) is 3.70. The molecule has 4 fully saturated rings. The minimum absolute atomic E-state index is 0.155. The molecule has 1 aliphatic heterocycles. The number of hydrogen-bond acceptors (Lipinski definition) is 7. The maximum atomic E-state index is 13.5. The van der Waals surface area contributed by atoms with Gasteiger partial charge in [-0.2, -0.15) is 5.26 Å². The van der Waals surface area contributed by atoms with Crippen molar-refractivity contribution in [3.8, 4) is 17.2 Å². The molecule has 4 aliphatic carbocycles. The van der Waals surface area contributed by atoms with Gasteiger partial charge in [-0.05, 0) is 123 Å². The SMILES string of the molecule is Cc1c(-c2ccc(N3CCc4cccc(C(=O)Nc5nc6ccccc6s5)c4C3)nc2N)cc(C#N)n1CC12CC3CC(CC(C3)C1)C2. The van der Waals surface area contributed by atoms with E-state index in [1.54, 1.807) is 0 Å². The summed E-state index contributed by atoms with van der Waals surface area (Å²) in [6.07, 6.45) is 8.96. The van der Waals surface area contributed by atoms with Crippen LogP contribution in [0.15, 0.2) is 60.7 Å². The van der Waals surface area contributed by atoms with Gasteiger partial charge < -0.3 is 15.2 Å². The number of nitrogens with two attached hydrogens (primary N) is 1. The number of fused-ring (bicyclic) bond motifs is 2. The number of thiazole rings is 1. The molecule has 0 saturated heterocycles. The van der Waals surface area contributed by atoms with E-state index in [9.17, 15) is 10.1 Å². The molecule has 48 heavy (non-hydrogen) atoms. The monoisotopic (exact) mass is 653 g/mol. The first-order chi connectivity index (χ1) is 23.3. The summed E-state index contributed by atoms with van der Waals surface area (Å²) in [4.78, 5) is 25.2. The van der Waals surface area contributed by atoms with Crippen molar-refractivity contribution in [1.29, 1.82) is 5.26 Å². The molecule has 0 unspecified atom stereocenters. The lowest BCUT2D eigenvalue weighted by molar-refractivity contribution is -0.0621. The second-order valence-corrected chi connectivity index (χ2v) is 15.8. The van der Waals surface area contributed by atoms with Gasteiger partial charge in [0, 0.05) is 42.0 Å². The molecule has 4 saturated carbocycles. The second kappa shape index (κ2) is 11.2. The van der Waals surface area contributed by atoms with E-state index < -0.39 is 0 Å². The van der Waals surface area contributed by atoms with Crippen molar-refractivity contribution in [2.75, 3.05) is 22.5 Å². The number of nitrogens with one attached hydrogen (secondary N) is 1. The lowest BCUT2D eigenvalue weighted by Gasteiger charge is -2.57. The van der Waals surface area contributed by atoms with Crippen LogP contribution in [0.1, 0.15) is 71.4 Å². The Morgan fingerprint density at radius 3 is 2.52 bits per heavy atom. The predicted molar refractivity (Wildman–Crippen MR) is 191 cm³/mol. The Kier molecular flexibility index (Phi) is 6.87. The number of pyridine rings is 1. The third kappa shape index (κ3) is 4.96. The van der Waals surface area contributed by atoms with E-state index in [2.05, 4.69) is 44.9 Å². The predicted octanol–water partition coefficient (Wildman–Crippen LogP) is 7.95. The summed E-state index contributed by atoms with van der Waals surface area (Å²) in [5.41, 5.74) is 14.4. The lowest BCUT2D eigenvalue weighted by atomic mass is 9.49. The van der Waals surface area contributed by atoms with Crippen LogP contribution in [-0.4, -0.2) is 27.0 Å². The largest absolute Gasteiger partial charge is 0.383 e. The average molecular weight is 654 g/mol. The fourth-order valence-corrected chi connectivity index (χ4v) is 10.8. The van der Waals surface area contributed by atoms with Crippen LogP contribution in [0.3, 0.4) is 0 Å². The number of anilines is 3. The number of nitrogens with zero attached hydrogens (tertiary/aromatic N) is 5. The molecule has 9 heteroatoms. The Hall–Kier alpha value is -4.68. The van der Waals surface area contributed by atoms with Crippen LogP contribution in [0.4, 0.5) is 16.8 Å². The van der Waals surface area contributed by atoms with Gasteiger partial charge in [-0.15, -0.1) is 0 Å². The number of carbonyl (C=O) groups is 1. The molecule has 4 heterocycles. The van der Waals surface area contributed by atoms with E-state index in [1.807, 2.05) is 48.5 Å². The smallest absolute Gasteiger partial charge is 0.257 e. The van der Waals surface area contributed by atoms with Gasteiger partial charge in [-0.25, -0.2) is 9.97 Å². The number of amides is 1. The molecular weight excluding hydrogens is 615 g/mol. The minimum atomic E-state index is -0.155. The highest BCUT2D eigenvalue weighted by atomic mass is 32.1. The molecule has 4 bridgehead atoms. The molecule has 10 rings (SSSR count). The summed E-state index contributed by atoms with van der Waals surface area (Å²) >= 11 is 1.48. The molecule has 5 aromatic rings. The average Bonchev–Trinajstić information content (AvgIpc) is 3.62. The van der Waals surface area contributed by atoms with Gasteiger partial charge in [-0.1, -0.05) is 35.6 Å². The zero-order valence-corrected chi connectivity index (χ0v) is 28.0. The summed E-state index contributed by atoms with van der Waals surface area (Å²) < 4.78 is 3.32. The van der Waals surface area contributed by atoms with Crippen LogP contribution in [0.2, 0.25) is 0 Å². The van der Waals surface area contributed by atoms with E-state index >= 15 is 0 Å². The lowest BCUT2D eigenvalue weighted by Crippen LogP contribution is -2.48. The Morgan fingerprint density at radius 1 is 1.02 bits per heavy atom. The van der Waals surface area contributed by atoms with Crippen molar-refractivity contribution in [2.45, 2.75) is 65.0 Å². The van der Waals surface area contributed by atoms with Gasteiger partial charge in [0.2, 0.25) is 0 Å². The van der Waals surface area contributed by atoms with Crippen molar-refractivity contribution >= 4 is 44.2 Å². The van der Waals surface area contributed by atoms with Gasteiger partial charge in [0.15, 0.2) is 5.13 Å². The zero-order valence-electron chi connectivity index (χ0n) is 27.2. The number of nitrogen functional groups attached to an aromatic ring is 1.